The molecule has 0 radical (unpaired) electrons. The zero-order valence-electron chi connectivity index (χ0n) is 16.9. The molecule has 1 spiro atoms. The van der Waals surface area contributed by atoms with Gasteiger partial charge in [0, 0.05) is 22.9 Å². The molecule has 31 heavy (non-hydrogen) atoms. The zero-order valence-corrected chi connectivity index (χ0v) is 16.9. The standard InChI is InChI=1S/C22H25NO8/c1-23-7-6-22-10-3-5-13(29-21-16(26)15(25)18(31-21)20(27)28)19(22)30-17-12(24)4-2-9(14(17)22)8-11(10)23/h2-5,10-11,13,15-16,18-19,21,24-26H,6-8H2,1H3,(H,27,28)/t10-,11+,13-,15-,16+,18-,19-,21+,22-/m0/s1. The molecule has 2 fully saturated rings. The number of aliphatic carboxylic acids is 1. The first-order valence-corrected chi connectivity index (χ1v) is 10.6. The second-order valence-corrected chi connectivity index (χ2v) is 9.28. The molecule has 166 valence electrons. The molecule has 2 saturated heterocycles. The Morgan fingerprint density at radius 3 is 2.81 bits per heavy atom. The molecule has 9 atom stereocenters. The van der Waals surface area contributed by atoms with Gasteiger partial charge in [-0.1, -0.05) is 18.2 Å². The second-order valence-electron chi connectivity index (χ2n) is 9.28. The van der Waals surface area contributed by atoms with Crippen LogP contribution in [0.5, 0.6) is 11.5 Å². The number of phenolic OH excluding ortho intramolecular Hbond substituents is 1. The molecule has 3 aliphatic heterocycles. The number of phenols is 1. The Balaban J connectivity index is 1.39. The van der Waals surface area contributed by atoms with Gasteiger partial charge in [-0.05, 0) is 38.1 Å². The number of aromatic hydroxyl groups is 1. The first-order valence-electron chi connectivity index (χ1n) is 10.6. The number of hydrogen-bond acceptors (Lipinski definition) is 8. The van der Waals surface area contributed by atoms with Gasteiger partial charge in [0.05, 0.1) is 0 Å². The largest absolute Gasteiger partial charge is 0.504 e. The van der Waals surface area contributed by atoms with Crippen molar-refractivity contribution in [1.29, 1.82) is 0 Å². The number of likely N-dealkylation sites (N-methyl/N-ethyl adjacent to an activating group) is 1. The van der Waals surface area contributed by atoms with E-state index < -0.39 is 42.8 Å². The number of carboxylic acids is 1. The molecule has 4 N–H and O–H groups in total. The molecule has 6 rings (SSSR count). The molecule has 1 aromatic rings. The van der Waals surface area contributed by atoms with E-state index in [0.29, 0.717) is 11.8 Å². The van der Waals surface area contributed by atoms with Gasteiger partial charge in [0.2, 0.25) is 0 Å². The Kier molecular flexibility index (Phi) is 4.05. The SMILES string of the molecule is CN1CC[C@]23c4c5ccc(O)c4O[C@H]2[C@@H](O[C@@H]2O[C@H](C(=O)O)[C@@H](O)[C@H]2O)C=C[C@H]3[C@H]1C5. The summed E-state index contributed by atoms with van der Waals surface area (Å²) in [6, 6.07) is 3.93. The summed E-state index contributed by atoms with van der Waals surface area (Å²) in [6.07, 6.45) is -1.34. The number of aliphatic hydroxyl groups excluding tert-OH is 2. The maximum atomic E-state index is 11.3. The lowest BCUT2D eigenvalue weighted by Gasteiger charge is -2.57. The predicted octanol–water partition coefficient (Wildman–Crippen LogP) is -0.246. The van der Waals surface area contributed by atoms with Gasteiger partial charge in [-0.15, -0.1) is 0 Å². The third-order valence-electron chi connectivity index (χ3n) is 7.88. The minimum Gasteiger partial charge on any atom is -0.504 e. The van der Waals surface area contributed by atoms with Crippen LogP contribution in [0.15, 0.2) is 24.3 Å². The molecule has 9 nitrogen and oxygen atoms in total. The van der Waals surface area contributed by atoms with E-state index in [9.17, 15) is 25.2 Å². The van der Waals surface area contributed by atoms with Crippen molar-refractivity contribution in [2.75, 3.05) is 13.6 Å². The summed E-state index contributed by atoms with van der Waals surface area (Å²) in [6.45, 7) is 0.873. The van der Waals surface area contributed by atoms with Crippen LogP contribution in [0.3, 0.4) is 0 Å². The normalized spacial score (nSPS) is 44.7. The number of hydrogen-bond donors (Lipinski definition) is 4. The second kappa shape index (κ2) is 6.43. The molecule has 5 aliphatic rings. The van der Waals surface area contributed by atoms with Crippen LogP contribution in [0.25, 0.3) is 0 Å². The van der Waals surface area contributed by atoms with Crippen LogP contribution >= 0.6 is 0 Å². The fraction of sp³-hybridized carbons (Fsp3) is 0.591. The third kappa shape index (κ3) is 2.41. The lowest BCUT2D eigenvalue weighted by Crippen LogP contribution is -2.65. The van der Waals surface area contributed by atoms with Gasteiger partial charge < -0.3 is 39.5 Å². The smallest absolute Gasteiger partial charge is 0.335 e. The molecule has 2 aliphatic carbocycles. The molecule has 0 unspecified atom stereocenters. The minimum absolute atomic E-state index is 0.0934. The van der Waals surface area contributed by atoms with Crippen LogP contribution in [-0.2, 0) is 26.1 Å². The average Bonchev–Trinajstić information content (AvgIpc) is 3.23. The zero-order chi connectivity index (χ0) is 21.7. The quantitative estimate of drug-likeness (QED) is 0.479. The summed E-state index contributed by atoms with van der Waals surface area (Å²) in [5, 5.41) is 40.1. The van der Waals surface area contributed by atoms with E-state index in [0.717, 1.165) is 30.5 Å². The van der Waals surface area contributed by atoms with E-state index in [1.54, 1.807) is 6.07 Å². The fourth-order valence-corrected chi connectivity index (χ4v) is 6.45. The molecule has 0 saturated carbocycles. The molecule has 9 heteroatoms. The Morgan fingerprint density at radius 2 is 2.06 bits per heavy atom. The Bertz CT molecular complexity index is 981. The maximum absolute atomic E-state index is 11.3. The van der Waals surface area contributed by atoms with Gasteiger partial charge in [0.1, 0.15) is 24.4 Å². The van der Waals surface area contributed by atoms with Gasteiger partial charge in [-0.2, -0.15) is 0 Å². The van der Waals surface area contributed by atoms with E-state index in [4.69, 9.17) is 14.2 Å². The van der Waals surface area contributed by atoms with Crippen LogP contribution in [0.2, 0.25) is 0 Å². The van der Waals surface area contributed by atoms with Gasteiger partial charge in [-0.3, -0.25) is 0 Å². The summed E-state index contributed by atoms with van der Waals surface area (Å²) in [5.74, 6) is -0.599. The number of benzene rings is 1. The minimum atomic E-state index is -1.58. The third-order valence-corrected chi connectivity index (χ3v) is 7.88. The first-order chi connectivity index (χ1) is 14.8. The molecule has 1 aromatic carbocycles. The van der Waals surface area contributed by atoms with Crippen LogP contribution < -0.4 is 4.74 Å². The van der Waals surface area contributed by atoms with Gasteiger partial charge in [0.15, 0.2) is 23.9 Å². The topological polar surface area (TPSA) is 129 Å². The van der Waals surface area contributed by atoms with Crippen LogP contribution in [-0.4, -0.2) is 87.7 Å². The van der Waals surface area contributed by atoms with E-state index in [-0.39, 0.29) is 17.1 Å². The van der Waals surface area contributed by atoms with Crippen molar-refractivity contribution >= 4 is 5.97 Å². The van der Waals surface area contributed by atoms with E-state index in [1.165, 1.54) is 0 Å². The van der Waals surface area contributed by atoms with Crippen LogP contribution in [0, 0.1) is 5.92 Å². The van der Waals surface area contributed by atoms with Crippen molar-refractivity contribution in [2.24, 2.45) is 5.92 Å². The van der Waals surface area contributed by atoms with E-state index in [1.807, 2.05) is 12.1 Å². The van der Waals surface area contributed by atoms with Crippen molar-refractivity contribution in [1.82, 2.24) is 4.90 Å². The molecule has 2 bridgehead atoms. The summed E-state index contributed by atoms with van der Waals surface area (Å²) in [4.78, 5) is 13.7. The summed E-state index contributed by atoms with van der Waals surface area (Å²) >= 11 is 0. The van der Waals surface area contributed by atoms with E-state index >= 15 is 0 Å². The van der Waals surface area contributed by atoms with Gasteiger partial charge in [-0.25, -0.2) is 4.79 Å². The first kappa shape index (κ1) is 19.5. The van der Waals surface area contributed by atoms with Gasteiger partial charge in [0.25, 0.3) is 0 Å². The highest BCUT2D eigenvalue weighted by Crippen LogP contribution is 2.62. The highest BCUT2D eigenvalue weighted by atomic mass is 16.7. The number of rotatable bonds is 3. The summed E-state index contributed by atoms with van der Waals surface area (Å²) in [7, 11) is 2.13. The number of piperidine rings is 1. The average molecular weight is 431 g/mol. The monoisotopic (exact) mass is 431 g/mol. The molecule has 0 aromatic heterocycles. The maximum Gasteiger partial charge on any atom is 0.335 e. The Morgan fingerprint density at radius 1 is 1.26 bits per heavy atom. The number of ether oxygens (including phenoxy) is 3. The number of aliphatic hydroxyl groups is 2. The van der Waals surface area contributed by atoms with Crippen molar-refractivity contribution in [2.45, 2.75) is 61.1 Å². The number of likely N-dealkylation sites (tertiary alicyclic amines) is 1. The van der Waals surface area contributed by atoms with E-state index in [2.05, 4.69) is 18.0 Å². The summed E-state index contributed by atoms with van der Waals surface area (Å²) < 4.78 is 17.7. The van der Waals surface area contributed by atoms with Crippen molar-refractivity contribution in [3.8, 4) is 11.5 Å². The highest BCUT2D eigenvalue weighted by molar-refractivity contribution is 5.73. The molecule has 0 amide bonds. The molecular formula is C22H25NO8. The Labute approximate surface area is 178 Å². The van der Waals surface area contributed by atoms with Crippen molar-refractivity contribution < 1.29 is 39.4 Å². The Hall–Kier alpha value is -2.17. The number of carboxylic acid groups (broad SMARTS) is 1. The lowest BCUT2D eigenvalue weighted by atomic mass is 9.53. The highest BCUT2D eigenvalue weighted by Gasteiger charge is 2.65. The fourth-order valence-electron chi connectivity index (χ4n) is 6.45. The lowest BCUT2D eigenvalue weighted by molar-refractivity contribution is -0.208. The van der Waals surface area contributed by atoms with Crippen molar-refractivity contribution in [3.05, 3.63) is 35.4 Å². The molecule has 3 heterocycles. The number of nitrogens with zero attached hydrogens (tertiary/aromatic N) is 1. The molecular weight excluding hydrogens is 406 g/mol. The van der Waals surface area contributed by atoms with Crippen molar-refractivity contribution in [3.63, 3.8) is 0 Å². The van der Waals surface area contributed by atoms with Gasteiger partial charge >= 0.3 is 5.97 Å². The predicted molar refractivity (Wildman–Crippen MR) is 105 cm³/mol. The van der Waals surface area contributed by atoms with Crippen LogP contribution in [0.4, 0.5) is 0 Å². The summed E-state index contributed by atoms with van der Waals surface area (Å²) in [5.41, 5.74) is 1.82. The van der Waals surface area contributed by atoms with Crippen LogP contribution in [0.1, 0.15) is 17.5 Å². The number of carbonyl (C=O) groups is 1.